The van der Waals surface area contributed by atoms with Crippen molar-refractivity contribution < 1.29 is 12.9 Å². The first-order valence-corrected chi connectivity index (χ1v) is 8.43. The molecule has 1 aliphatic rings. The van der Waals surface area contributed by atoms with Crippen LogP contribution in [-0.4, -0.2) is 55.5 Å². The highest BCUT2D eigenvalue weighted by atomic mass is 32.2. The minimum absolute atomic E-state index is 0.188. The SMILES string of the molecule is Cc1noc(C)c1S(=O)(=O)N1CCCN(CCC#N)CC1. The Hall–Kier alpha value is -1.43. The van der Waals surface area contributed by atoms with Crippen molar-refractivity contribution in [3.05, 3.63) is 11.5 Å². The van der Waals surface area contributed by atoms with Crippen molar-refractivity contribution in [1.29, 1.82) is 5.26 Å². The molecule has 0 aromatic carbocycles. The Labute approximate surface area is 125 Å². The van der Waals surface area contributed by atoms with E-state index in [1.165, 1.54) is 4.31 Å². The van der Waals surface area contributed by atoms with Crippen LogP contribution in [-0.2, 0) is 10.0 Å². The number of hydrogen-bond donors (Lipinski definition) is 0. The Kier molecular flexibility index (Phi) is 4.98. The van der Waals surface area contributed by atoms with Gasteiger partial charge in [-0.3, -0.25) is 0 Å². The highest BCUT2D eigenvalue weighted by Crippen LogP contribution is 2.24. The van der Waals surface area contributed by atoms with Gasteiger partial charge in [-0.25, -0.2) is 8.42 Å². The topological polar surface area (TPSA) is 90.4 Å². The third-order valence-corrected chi connectivity index (χ3v) is 5.80. The summed E-state index contributed by atoms with van der Waals surface area (Å²) in [6.45, 7) is 6.31. The maximum absolute atomic E-state index is 12.7. The molecule has 0 unspecified atom stereocenters. The smallest absolute Gasteiger partial charge is 0.248 e. The summed E-state index contributed by atoms with van der Waals surface area (Å²) in [7, 11) is -3.56. The van der Waals surface area contributed by atoms with Crippen molar-refractivity contribution in [3.8, 4) is 6.07 Å². The summed E-state index contributed by atoms with van der Waals surface area (Å²) in [6, 6.07) is 2.12. The molecule has 0 aliphatic carbocycles. The van der Waals surface area contributed by atoms with Gasteiger partial charge in [0, 0.05) is 32.6 Å². The van der Waals surface area contributed by atoms with Crippen molar-refractivity contribution in [1.82, 2.24) is 14.4 Å². The lowest BCUT2D eigenvalue weighted by Gasteiger charge is -2.20. The summed E-state index contributed by atoms with van der Waals surface area (Å²) >= 11 is 0. The van der Waals surface area contributed by atoms with E-state index in [-0.39, 0.29) is 4.90 Å². The molecule has 1 aromatic rings. The van der Waals surface area contributed by atoms with Crippen molar-refractivity contribution in [2.24, 2.45) is 0 Å². The molecule has 0 spiro atoms. The molecular formula is C13H20N4O3S. The number of nitrogens with zero attached hydrogens (tertiary/aromatic N) is 4. The van der Waals surface area contributed by atoms with E-state index in [0.29, 0.717) is 44.1 Å². The van der Waals surface area contributed by atoms with E-state index < -0.39 is 10.0 Å². The third-order valence-electron chi connectivity index (χ3n) is 3.65. The number of rotatable bonds is 4. The van der Waals surface area contributed by atoms with Gasteiger partial charge in [0.05, 0.1) is 6.07 Å². The molecule has 21 heavy (non-hydrogen) atoms. The van der Waals surface area contributed by atoms with Crippen LogP contribution < -0.4 is 0 Å². The second kappa shape index (κ2) is 6.56. The summed E-state index contributed by atoms with van der Waals surface area (Å²) in [5, 5.41) is 12.4. The van der Waals surface area contributed by atoms with Gasteiger partial charge in [-0.2, -0.15) is 9.57 Å². The Morgan fingerprint density at radius 2 is 2.05 bits per heavy atom. The second-order valence-electron chi connectivity index (χ2n) is 5.16. The minimum atomic E-state index is -3.56. The molecular weight excluding hydrogens is 292 g/mol. The van der Waals surface area contributed by atoms with Gasteiger partial charge in [0.15, 0.2) is 5.76 Å². The molecule has 1 aromatic heterocycles. The molecule has 7 nitrogen and oxygen atoms in total. The highest BCUT2D eigenvalue weighted by Gasteiger charge is 2.32. The largest absolute Gasteiger partial charge is 0.360 e. The molecule has 0 radical (unpaired) electrons. The number of sulfonamides is 1. The summed E-state index contributed by atoms with van der Waals surface area (Å²) in [4.78, 5) is 2.32. The zero-order valence-corrected chi connectivity index (χ0v) is 13.2. The number of aryl methyl sites for hydroxylation is 2. The molecule has 0 saturated carbocycles. The number of hydrogen-bond acceptors (Lipinski definition) is 6. The predicted molar refractivity (Wildman–Crippen MR) is 76.0 cm³/mol. The maximum atomic E-state index is 12.7. The molecule has 0 atom stereocenters. The molecule has 1 saturated heterocycles. The third kappa shape index (κ3) is 3.43. The molecule has 0 bridgehead atoms. The summed E-state index contributed by atoms with van der Waals surface area (Å²) < 4.78 is 31.9. The lowest BCUT2D eigenvalue weighted by molar-refractivity contribution is 0.293. The van der Waals surface area contributed by atoms with Gasteiger partial charge >= 0.3 is 0 Å². The van der Waals surface area contributed by atoms with E-state index in [2.05, 4.69) is 16.1 Å². The molecule has 8 heteroatoms. The van der Waals surface area contributed by atoms with Gasteiger partial charge in [-0.05, 0) is 26.8 Å². The molecule has 2 rings (SSSR count). The standard InChI is InChI=1S/C13H20N4O3S/c1-11-13(12(2)20-15-11)21(18,19)17-8-4-7-16(9-10-17)6-3-5-14/h3-4,6-10H2,1-2H3. The molecule has 1 aliphatic heterocycles. The van der Waals surface area contributed by atoms with Gasteiger partial charge in [0.25, 0.3) is 0 Å². The van der Waals surface area contributed by atoms with E-state index in [0.717, 1.165) is 13.0 Å². The van der Waals surface area contributed by atoms with E-state index >= 15 is 0 Å². The van der Waals surface area contributed by atoms with Crippen molar-refractivity contribution >= 4 is 10.0 Å². The van der Waals surface area contributed by atoms with E-state index in [4.69, 9.17) is 9.78 Å². The lowest BCUT2D eigenvalue weighted by atomic mass is 10.3. The van der Waals surface area contributed by atoms with Crippen LogP contribution in [0, 0.1) is 25.2 Å². The molecule has 0 amide bonds. The van der Waals surface area contributed by atoms with Gasteiger partial charge in [-0.1, -0.05) is 5.16 Å². The molecule has 0 N–H and O–H groups in total. The normalized spacial score (nSPS) is 18.3. The molecule has 116 valence electrons. The first kappa shape index (κ1) is 15.9. The van der Waals surface area contributed by atoms with Crippen LogP contribution in [0.5, 0.6) is 0 Å². The van der Waals surface area contributed by atoms with Crippen LogP contribution >= 0.6 is 0 Å². The summed E-state index contributed by atoms with van der Waals surface area (Å²) in [6.07, 6.45) is 1.23. The van der Waals surface area contributed by atoms with Gasteiger partial charge in [-0.15, -0.1) is 0 Å². The average Bonchev–Trinajstić information content (AvgIpc) is 2.66. The second-order valence-corrected chi connectivity index (χ2v) is 7.04. The van der Waals surface area contributed by atoms with Crippen LogP contribution in [0.1, 0.15) is 24.3 Å². The zero-order chi connectivity index (χ0) is 15.5. The van der Waals surface area contributed by atoms with Crippen molar-refractivity contribution in [2.45, 2.75) is 31.6 Å². The van der Waals surface area contributed by atoms with Crippen LogP contribution in [0.15, 0.2) is 9.42 Å². The Bertz CT molecular complexity index is 613. The summed E-state index contributed by atoms with van der Waals surface area (Å²) in [5.74, 6) is 0.332. The van der Waals surface area contributed by atoms with Crippen molar-refractivity contribution in [2.75, 3.05) is 32.7 Å². The van der Waals surface area contributed by atoms with Gasteiger partial charge in [0.2, 0.25) is 10.0 Å². The fourth-order valence-corrected chi connectivity index (χ4v) is 4.35. The Balaban J connectivity index is 2.13. The summed E-state index contributed by atoms with van der Waals surface area (Å²) in [5.41, 5.74) is 0.401. The first-order valence-electron chi connectivity index (χ1n) is 6.99. The van der Waals surface area contributed by atoms with Crippen LogP contribution in [0.2, 0.25) is 0 Å². The predicted octanol–water partition coefficient (Wildman–Crippen LogP) is 0.902. The minimum Gasteiger partial charge on any atom is -0.360 e. The van der Waals surface area contributed by atoms with E-state index in [9.17, 15) is 8.42 Å². The highest BCUT2D eigenvalue weighted by molar-refractivity contribution is 7.89. The van der Waals surface area contributed by atoms with Crippen LogP contribution in [0.4, 0.5) is 0 Å². The Morgan fingerprint density at radius 1 is 1.29 bits per heavy atom. The fourth-order valence-electron chi connectivity index (χ4n) is 2.59. The Morgan fingerprint density at radius 3 is 2.67 bits per heavy atom. The zero-order valence-electron chi connectivity index (χ0n) is 12.4. The number of nitriles is 1. The fraction of sp³-hybridized carbons (Fsp3) is 0.692. The van der Waals surface area contributed by atoms with Gasteiger partial charge < -0.3 is 9.42 Å². The molecule has 1 fully saturated rings. The monoisotopic (exact) mass is 312 g/mol. The molecule has 2 heterocycles. The maximum Gasteiger partial charge on any atom is 0.248 e. The van der Waals surface area contributed by atoms with Crippen LogP contribution in [0.3, 0.4) is 0 Å². The van der Waals surface area contributed by atoms with Crippen LogP contribution in [0.25, 0.3) is 0 Å². The van der Waals surface area contributed by atoms with E-state index in [1.54, 1.807) is 13.8 Å². The number of aromatic nitrogens is 1. The first-order chi connectivity index (χ1) is 9.96. The lowest BCUT2D eigenvalue weighted by Crippen LogP contribution is -2.35. The quantitative estimate of drug-likeness (QED) is 0.820. The van der Waals surface area contributed by atoms with E-state index in [1.807, 2.05) is 0 Å². The van der Waals surface area contributed by atoms with Crippen molar-refractivity contribution in [3.63, 3.8) is 0 Å². The average molecular weight is 312 g/mol. The van der Waals surface area contributed by atoms with Gasteiger partial charge in [0.1, 0.15) is 10.6 Å².